The Morgan fingerprint density at radius 1 is 1.14 bits per heavy atom. The van der Waals surface area contributed by atoms with Crippen LogP contribution in [-0.2, 0) is 28.7 Å². The number of esters is 2. The zero-order valence-electron chi connectivity index (χ0n) is 21.0. The lowest BCUT2D eigenvalue weighted by atomic mass is 9.45. The van der Waals surface area contributed by atoms with Crippen LogP contribution in [0.5, 0.6) is 0 Å². The minimum Gasteiger partial charge on any atom is -0.457 e. The summed E-state index contributed by atoms with van der Waals surface area (Å²) in [5.74, 6) is -1.22. The van der Waals surface area contributed by atoms with Gasteiger partial charge in [-0.1, -0.05) is 26.3 Å². The summed E-state index contributed by atoms with van der Waals surface area (Å²) in [7, 11) is 0. The van der Waals surface area contributed by atoms with Crippen molar-refractivity contribution >= 4 is 36.1 Å². The van der Waals surface area contributed by atoms with Crippen molar-refractivity contribution in [1.29, 1.82) is 0 Å². The summed E-state index contributed by atoms with van der Waals surface area (Å²) in [6, 6.07) is 0. The number of allylic oxidation sites excluding steroid dienone is 1. The Morgan fingerprint density at radius 2 is 1.89 bits per heavy atom. The van der Waals surface area contributed by atoms with E-state index in [0.717, 1.165) is 24.8 Å². The van der Waals surface area contributed by atoms with Gasteiger partial charge < -0.3 is 14.6 Å². The molecule has 0 heterocycles. The number of rotatable bonds is 7. The molecule has 0 bridgehead atoms. The predicted molar refractivity (Wildman–Crippen MR) is 132 cm³/mol. The van der Waals surface area contributed by atoms with Gasteiger partial charge in [0.05, 0.1) is 11.9 Å². The molecule has 3 saturated carbocycles. The molecule has 0 unspecified atom stereocenters. The van der Waals surface area contributed by atoms with Gasteiger partial charge >= 0.3 is 11.9 Å². The third kappa shape index (κ3) is 4.18. The molecule has 0 saturated heterocycles. The zero-order chi connectivity index (χ0) is 25.6. The third-order valence-corrected chi connectivity index (χ3v) is 9.96. The fourth-order valence-corrected chi connectivity index (χ4v) is 8.21. The van der Waals surface area contributed by atoms with Gasteiger partial charge in [-0.2, -0.15) is 12.6 Å². The molecule has 35 heavy (non-hydrogen) atoms. The van der Waals surface area contributed by atoms with Gasteiger partial charge in [-0.3, -0.25) is 19.2 Å². The molecule has 1 N–H and O–H groups in total. The van der Waals surface area contributed by atoms with E-state index in [4.69, 9.17) is 9.47 Å². The van der Waals surface area contributed by atoms with E-state index < -0.39 is 41.4 Å². The predicted octanol–water partition coefficient (Wildman–Crippen LogP) is 3.61. The topological polar surface area (TPSA) is 107 Å². The number of aliphatic hydroxyl groups excluding tert-OH is 1. The van der Waals surface area contributed by atoms with E-state index in [1.807, 2.05) is 13.8 Å². The second kappa shape index (κ2) is 9.66. The van der Waals surface area contributed by atoms with Crippen molar-refractivity contribution in [2.45, 2.75) is 90.3 Å². The van der Waals surface area contributed by atoms with Crippen molar-refractivity contribution in [2.75, 3.05) is 12.4 Å². The van der Waals surface area contributed by atoms with Crippen LogP contribution in [0.15, 0.2) is 11.6 Å². The fraction of sp³-hybridized carbons (Fsp3) is 0.778. The van der Waals surface area contributed by atoms with E-state index in [2.05, 4.69) is 19.6 Å². The number of thiol groups is 1. The van der Waals surface area contributed by atoms with Crippen molar-refractivity contribution in [2.24, 2.45) is 28.6 Å². The Kier molecular flexibility index (Phi) is 7.28. The minimum absolute atomic E-state index is 0.00655. The first-order valence-corrected chi connectivity index (χ1v) is 13.6. The first-order chi connectivity index (χ1) is 16.5. The number of ether oxygens (including phenoxy) is 2. The summed E-state index contributed by atoms with van der Waals surface area (Å²) in [6.07, 6.45) is 6.12. The van der Waals surface area contributed by atoms with Crippen LogP contribution in [0, 0.1) is 28.6 Å². The number of aliphatic hydroxyl groups is 1. The Bertz CT molecular complexity index is 944. The summed E-state index contributed by atoms with van der Waals surface area (Å²) in [6.45, 7) is 5.55. The van der Waals surface area contributed by atoms with Crippen LogP contribution in [-0.4, -0.2) is 52.7 Å². The SMILES string of the molecule is CCCC(=O)O[C@@]1(C(=O)COC(=O)CS)CC[C@H]2[C@@H]3CCC4=CC(=O)CC[C@]4(C)[C@H]3[C@@H](O)C[C@@]21C. The van der Waals surface area contributed by atoms with Gasteiger partial charge in [-0.05, 0) is 74.2 Å². The van der Waals surface area contributed by atoms with Gasteiger partial charge in [-0.15, -0.1) is 0 Å². The summed E-state index contributed by atoms with van der Waals surface area (Å²) >= 11 is 3.91. The Hall–Kier alpha value is -1.67. The molecule has 0 aromatic heterocycles. The third-order valence-electron chi connectivity index (χ3n) is 9.70. The number of Topliss-reactive ketones (excluding diaryl/α,β-unsaturated/α-hetero) is 1. The minimum atomic E-state index is -1.44. The van der Waals surface area contributed by atoms with E-state index in [1.54, 1.807) is 6.08 Å². The van der Waals surface area contributed by atoms with Gasteiger partial charge in [0, 0.05) is 18.3 Å². The van der Waals surface area contributed by atoms with Crippen molar-refractivity contribution in [1.82, 2.24) is 0 Å². The summed E-state index contributed by atoms with van der Waals surface area (Å²) in [4.78, 5) is 50.3. The molecule has 3 fully saturated rings. The molecule has 4 aliphatic carbocycles. The lowest BCUT2D eigenvalue weighted by Gasteiger charge is -2.60. The smallest absolute Gasteiger partial charge is 0.316 e. The molecule has 0 aromatic rings. The van der Waals surface area contributed by atoms with Crippen LogP contribution >= 0.6 is 12.6 Å². The molecular formula is C27H38O7S. The van der Waals surface area contributed by atoms with Crippen LogP contribution in [0.2, 0.25) is 0 Å². The van der Waals surface area contributed by atoms with Gasteiger partial charge in [0.25, 0.3) is 0 Å². The van der Waals surface area contributed by atoms with Crippen LogP contribution in [0.25, 0.3) is 0 Å². The molecular weight excluding hydrogens is 468 g/mol. The van der Waals surface area contributed by atoms with Gasteiger partial charge in [0.2, 0.25) is 5.78 Å². The first-order valence-electron chi connectivity index (χ1n) is 13.0. The first kappa shape index (κ1) is 26.4. The van der Waals surface area contributed by atoms with Crippen LogP contribution in [0.1, 0.15) is 78.6 Å². The largest absolute Gasteiger partial charge is 0.457 e. The number of hydrogen-bond acceptors (Lipinski definition) is 8. The quantitative estimate of drug-likeness (QED) is 0.401. The highest BCUT2D eigenvalue weighted by atomic mass is 32.1. The molecule has 7 nitrogen and oxygen atoms in total. The highest BCUT2D eigenvalue weighted by molar-refractivity contribution is 7.81. The van der Waals surface area contributed by atoms with E-state index in [0.29, 0.717) is 32.1 Å². The maximum Gasteiger partial charge on any atom is 0.316 e. The molecule has 4 rings (SSSR count). The van der Waals surface area contributed by atoms with Crippen molar-refractivity contribution < 1.29 is 33.8 Å². The zero-order valence-corrected chi connectivity index (χ0v) is 21.9. The molecule has 0 spiro atoms. The highest BCUT2D eigenvalue weighted by Crippen LogP contribution is 2.68. The second-order valence-corrected chi connectivity index (χ2v) is 11.7. The molecule has 4 aliphatic rings. The number of fused-ring (bicyclic) bond motifs is 5. The fourth-order valence-electron chi connectivity index (χ4n) is 8.12. The Labute approximate surface area is 212 Å². The molecule has 7 atom stereocenters. The van der Waals surface area contributed by atoms with Crippen molar-refractivity contribution in [3.05, 3.63) is 11.6 Å². The molecule has 0 aromatic carbocycles. The summed E-state index contributed by atoms with van der Waals surface area (Å²) in [5, 5.41) is 11.6. The molecule has 194 valence electrons. The molecule has 0 radical (unpaired) electrons. The van der Waals surface area contributed by atoms with E-state index in [9.17, 15) is 24.3 Å². The summed E-state index contributed by atoms with van der Waals surface area (Å²) < 4.78 is 11.2. The van der Waals surface area contributed by atoms with Crippen LogP contribution in [0.4, 0.5) is 0 Å². The van der Waals surface area contributed by atoms with Gasteiger partial charge in [0.1, 0.15) is 0 Å². The molecule has 0 aliphatic heterocycles. The number of carbonyl (C=O) groups excluding carboxylic acids is 4. The highest BCUT2D eigenvalue weighted by Gasteiger charge is 2.70. The van der Waals surface area contributed by atoms with Crippen molar-refractivity contribution in [3.63, 3.8) is 0 Å². The standard InChI is InChI=1S/C27H38O7S/c1-4-5-22(31)34-27(21(30)14-33-23(32)15-35)11-9-19-18-7-6-16-12-17(28)8-10-25(16,2)24(18)20(29)13-26(19,27)3/h12,18-20,24,29,35H,4-11,13-15H2,1-3H3/t18-,19-,20-,24+,25-,26-,27+/m0/s1. The van der Waals surface area contributed by atoms with E-state index in [-0.39, 0.29) is 41.1 Å². The average molecular weight is 507 g/mol. The maximum atomic E-state index is 13.7. The van der Waals surface area contributed by atoms with Gasteiger partial charge in [-0.25, -0.2) is 0 Å². The summed E-state index contributed by atoms with van der Waals surface area (Å²) in [5.41, 5.74) is -1.31. The number of carbonyl (C=O) groups is 4. The average Bonchev–Trinajstić information content (AvgIpc) is 3.09. The van der Waals surface area contributed by atoms with Crippen LogP contribution < -0.4 is 0 Å². The Morgan fingerprint density at radius 3 is 2.57 bits per heavy atom. The van der Waals surface area contributed by atoms with E-state index in [1.165, 1.54) is 0 Å². The monoisotopic (exact) mass is 506 g/mol. The molecule has 8 heteroatoms. The van der Waals surface area contributed by atoms with Gasteiger partial charge in [0.15, 0.2) is 18.0 Å². The van der Waals surface area contributed by atoms with Crippen LogP contribution in [0.3, 0.4) is 0 Å². The number of hydrogen-bond donors (Lipinski definition) is 2. The second-order valence-electron chi connectivity index (χ2n) is 11.4. The molecule has 0 amide bonds. The lowest BCUT2D eigenvalue weighted by molar-refractivity contribution is -0.203. The Balaban J connectivity index is 1.70. The maximum absolute atomic E-state index is 13.7. The lowest BCUT2D eigenvalue weighted by Crippen LogP contribution is -2.63. The van der Waals surface area contributed by atoms with E-state index >= 15 is 0 Å². The number of ketones is 2. The van der Waals surface area contributed by atoms with Crippen molar-refractivity contribution in [3.8, 4) is 0 Å². The normalized spacial score (nSPS) is 40.1.